The van der Waals surface area contributed by atoms with Gasteiger partial charge in [0.25, 0.3) is 0 Å². The Morgan fingerprint density at radius 1 is 0.646 bits per heavy atom. The van der Waals surface area contributed by atoms with E-state index in [9.17, 15) is 65.9 Å². The fourth-order valence-corrected chi connectivity index (χ4v) is 10.0. The Morgan fingerprint density at radius 3 is 1.70 bits per heavy atom. The lowest BCUT2D eigenvalue weighted by Crippen LogP contribution is -2.64. The molecular formula is C54H82F3N11O11. The fraction of sp³-hybridized carbons (Fsp3) is 0.685. The van der Waals surface area contributed by atoms with Gasteiger partial charge in [-0.2, -0.15) is 13.2 Å². The van der Waals surface area contributed by atoms with Gasteiger partial charge in [0.1, 0.15) is 29.7 Å². The maximum absolute atomic E-state index is 14.8. The van der Waals surface area contributed by atoms with Crippen LogP contribution in [0.2, 0.25) is 0 Å². The van der Waals surface area contributed by atoms with E-state index in [1.54, 1.807) is 13.8 Å². The molecule has 2 aliphatic heterocycles. The van der Waals surface area contributed by atoms with Gasteiger partial charge in [0.05, 0.1) is 38.3 Å². The zero-order valence-corrected chi connectivity index (χ0v) is 47.6. The molecule has 440 valence electrons. The van der Waals surface area contributed by atoms with E-state index < -0.39 is 151 Å². The van der Waals surface area contributed by atoms with Crippen LogP contribution in [0.1, 0.15) is 110 Å². The predicted molar refractivity (Wildman–Crippen MR) is 284 cm³/mol. The van der Waals surface area contributed by atoms with Crippen LogP contribution in [0.3, 0.4) is 0 Å². The molecule has 2 saturated heterocycles. The highest BCUT2D eigenvalue weighted by Gasteiger charge is 2.49. The van der Waals surface area contributed by atoms with E-state index in [1.807, 2.05) is 20.8 Å². The number of hydrogen-bond acceptors (Lipinski definition) is 11. The van der Waals surface area contributed by atoms with Crippen molar-refractivity contribution in [1.82, 2.24) is 55.6 Å². The second-order valence-electron chi connectivity index (χ2n) is 22.1. The first kappa shape index (κ1) is 64.7. The molecule has 4 N–H and O–H groups in total. The maximum atomic E-state index is 14.8. The first-order chi connectivity index (χ1) is 36.9. The number of carbonyl (C=O) groups is 11. The van der Waals surface area contributed by atoms with Crippen molar-refractivity contribution in [2.45, 2.75) is 147 Å². The number of fused-ring (bicyclic) bond motifs is 1. The second kappa shape index (κ2) is 28.4. The zero-order chi connectivity index (χ0) is 59.3. The van der Waals surface area contributed by atoms with Gasteiger partial charge >= 0.3 is 6.18 Å². The molecule has 1 saturated carbocycles. The number of amides is 11. The lowest BCUT2D eigenvalue weighted by Gasteiger charge is -2.38. The second-order valence-corrected chi connectivity index (χ2v) is 22.1. The van der Waals surface area contributed by atoms with E-state index in [4.69, 9.17) is 0 Å². The van der Waals surface area contributed by atoms with Crippen LogP contribution in [0.5, 0.6) is 0 Å². The van der Waals surface area contributed by atoms with E-state index in [2.05, 4.69) is 21.3 Å². The topological polar surface area (TPSA) is 259 Å². The number of benzene rings is 1. The van der Waals surface area contributed by atoms with Crippen LogP contribution in [0.25, 0.3) is 0 Å². The SMILES string of the molecule is CC[C@H](C)C1NC(=O)CN(C)C(=O)CC(C)NC(=O)C(CC(C)C)N(C)C(=O)C2(CCCC2)NC(=O)C2CCCN2C(=O)C(CCc2ccc(C(F)(F)F)cc2)NC(=O)CN(C)C(=O)CN(C)C(=O)CN(C)C(=O)CN(C)C1=O. The van der Waals surface area contributed by atoms with Crippen LogP contribution in [-0.4, -0.2) is 217 Å². The van der Waals surface area contributed by atoms with Crippen molar-refractivity contribution < 1.29 is 65.9 Å². The van der Waals surface area contributed by atoms with E-state index in [1.165, 1.54) is 64.2 Å². The summed E-state index contributed by atoms with van der Waals surface area (Å²) in [6.07, 6.45) is -2.16. The lowest BCUT2D eigenvalue weighted by molar-refractivity contribution is -0.148. The Bertz CT molecular complexity index is 2400. The summed E-state index contributed by atoms with van der Waals surface area (Å²) in [5.41, 5.74) is -1.93. The number of alkyl halides is 3. The van der Waals surface area contributed by atoms with Gasteiger partial charge < -0.3 is 55.6 Å². The Balaban J connectivity index is 1.68. The van der Waals surface area contributed by atoms with Crippen LogP contribution in [0.15, 0.2) is 24.3 Å². The van der Waals surface area contributed by atoms with Crippen LogP contribution in [0, 0.1) is 11.8 Å². The fourth-order valence-electron chi connectivity index (χ4n) is 10.0. The van der Waals surface area contributed by atoms with Gasteiger partial charge in [-0.15, -0.1) is 0 Å². The average Bonchev–Trinajstić information content (AvgIpc) is 4.14. The highest BCUT2D eigenvalue weighted by Crippen LogP contribution is 2.34. The molecule has 2 heterocycles. The van der Waals surface area contributed by atoms with Gasteiger partial charge in [-0.05, 0) is 81.4 Å². The first-order valence-corrected chi connectivity index (χ1v) is 27.0. The molecule has 1 aromatic carbocycles. The molecule has 25 heteroatoms. The summed E-state index contributed by atoms with van der Waals surface area (Å²) in [4.78, 5) is 161. The minimum Gasteiger partial charge on any atom is -0.351 e. The molecular weight excluding hydrogens is 1040 g/mol. The molecule has 3 aliphatic rings. The molecule has 1 aromatic rings. The molecule has 79 heavy (non-hydrogen) atoms. The molecule has 3 fully saturated rings. The van der Waals surface area contributed by atoms with Crippen molar-refractivity contribution >= 4 is 65.0 Å². The molecule has 1 spiro atoms. The van der Waals surface area contributed by atoms with E-state index in [0.29, 0.717) is 31.2 Å². The minimum absolute atomic E-state index is 0.0166. The summed E-state index contributed by atoms with van der Waals surface area (Å²) in [6.45, 7) is 6.39. The van der Waals surface area contributed by atoms with Gasteiger partial charge in [-0.25, -0.2) is 0 Å². The van der Waals surface area contributed by atoms with Crippen molar-refractivity contribution in [2.75, 3.05) is 81.6 Å². The minimum atomic E-state index is -4.60. The summed E-state index contributed by atoms with van der Waals surface area (Å²) in [5, 5.41) is 11.2. The van der Waals surface area contributed by atoms with Crippen molar-refractivity contribution in [3.05, 3.63) is 35.4 Å². The Kier molecular flexibility index (Phi) is 23.2. The third-order valence-electron chi connectivity index (χ3n) is 15.1. The highest BCUT2D eigenvalue weighted by molar-refractivity contribution is 5.99. The molecule has 1 aliphatic carbocycles. The van der Waals surface area contributed by atoms with Gasteiger partial charge in [0.2, 0.25) is 65.0 Å². The standard InChI is InChI=1S/C54H82F3N11O11/c1-12-34(4)47-51(78)66(10)32-46(74)65(9)31-45(73)64(8)30-44(72)63(7)28-41(69)59-38(22-19-36-17-20-37(21-18-36)54(55,56)57)50(77)68-25-15-16-39(68)49(76)61-53(23-13-14-24-53)52(79)67(11)40(26-33(2)3)48(75)58-35(5)27-43(71)62(6)29-42(70)60-47/h17-18,20-21,33-35,38-40,47H,12-16,19,22-32H2,1-11H3,(H,58,75)(H,59,69)(H,60,70)(H,61,76)/t34-,35?,38?,39?,40?,47?/m0/s1. The number of rotatable bonds is 7. The quantitative estimate of drug-likeness (QED) is 0.301. The van der Waals surface area contributed by atoms with Gasteiger partial charge in [-0.1, -0.05) is 59.1 Å². The molecule has 22 nitrogen and oxygen atoms in total. The van der Waals surface area contributed by atoms with Crippen molar-refractivity contribution in [3.8, 4) is 0 Å². The smallest absolute Gasteiger partial charge is 0.351 e. The Morgan fingerprint density at radius 2 is 1.16 bits per heavy atom. The summed E-state index contributed by atoms with van der Waals surface area (Å²) in [6, 6.07) is -1.07. The first-order valence-electron chi connectivity index (χ1n) is 27.0. The monoisotopic (exact) mass is 1120 g/mol. The number of halogens is 3. The number of aryl methyl sites for hydroxylation is 1. The summed E-state index contributed by atoms with van der Waals surface area (Å²) in [5.74, 6) is -7.53. The molecule has 11 amide bonds. The van der Waals surface area contributed by atoms with E-state index in [-0.39, 0.29) is 57.4 Å². The number of likely N-dealkylation sites (N-methyl/N-ethyl adjacent to an activating group) is 6. The average molecular weight is 1120 g/mol. The van der Waals surface area contributed by atoms with E-state index in [0.717, 1.165) is 36.6 Å². The summed E-state index contributed by atoms with van der Waals surface area (Å²) in [7, 11) is 8.16. The van der Waals surface area contributed by atoms with Crippen molar-refractivity contribution in [1.29, 1.82) is 0 Å². The molecule has 0 aromatic heterocycles. The largest absolute Gasteiger partial charge is 0.416 e. The third kappa shape index (κ3) is 17.8. The number of nitrogens with one attached hydrogen (secondary N) is 4. The Labute approximate surface area is 461 Å². The van der Waals surface area contributed by atoms with Gasteiger partial charge in [-0.3, -0.25) is 52.7 Å². The maximum Gasteiger partial charge on any atom is 0.416 e. The zero-order valence-electron chi connectivity index (χ0n) is 47.6. The van der Waals surface area contributed by atoms with Crippen LogP contribution in [0.4, 0.5) is 13.2 Å². The van der Waals surface area contributed by atoms with Gasteiger partial charge in [0, 0.05) is 61.3 Å². The molecule has 0 radical (unpaired) electrons. The van der Waals surface area contributed by atoms with Crippen molar-refractivity contribution in [3.63, 3.8) is 0 Å². The predicted octanol–water partition coefficient (Wildman–Crippen LogP) is 1.15. The normalized spacial score (nSPS) is 24.9. The number of nitrogens with zero attached hydrogens (tertiary/aromatic N) is 7. The molecule has 5 unspecified atom stereocenters. The van der Waals surface area contributed by atoms with Crippen LogP contribution >= 0.6 is 0 Å². The summed E-state index contributed by atoms with van der Waals surface area (Å²) < 4.78 is 40.3. The van der Waals surface area contributed by atoms with Gasteiger partial charge in [0.15, 0.2) is 0 Å². The van der Waals surface area contributed by atoms with Crippen molar-refractivity contribution in [2.24, 2.45) is 11.8 Å². The summed E-state index contributed by atoms with van der Waals surface area (Å²) >= 11 is 0. The van der Waals surface area contributed by atoms with E-state index >= 15 is 0 Å². The molecule has 6 atom stereocenters. The highest BCUT2D eigenvalue weighted by atomic mass is 19.4. The third-order valence-corrected chi connectivity index (χ3v) is 15.1. The number of hydrogen-bond donors (Lipinski definition) is 4. The molecule has 4 rings (SSSR count). The van der Waals surface area contributed by atoms with Crippen LogP contribution < -0.4 is 21.3 Å². The number of carbonyl (C=O) groups excluding carboxylic acids is 11. The molecule has 0 bridgehead atoms. The van der Waals surface area contributed by atoms with Crippen LogP contribution in [-0.2, 0) is 65.3 Å². The Hall–Kier alpha value is -6.82. The lowest BCUT2D eigenvalue weighted by atomic mass is 9.92.